The molecule has 0 N–H and O–H groups in total. The fourth-order valence-electron chi connectivity index (χ4n) is 3.81. The van der Waals surface area contributed by atoms with Gasteiger partial charge >= 0.3 is 0 Å². The predicted molar refractivity (Wildman–Crippen MR) is 124 cm³/mol. The van der Waals surface area contributed by atoms with Gasteiger partial charge in [0, 0.05) is 30.9 Å². The Morgan fingerprint density at radius 1 is 1.03 bits per heavy atom. The summed E-state index contributed by atoms with van der Waals surface area (Å²) >= 11 is 0. The fraction of sp³-hybridized carbons (Fsp3) is 0.440. The standard InChI is InChI=1S/C25H31N5O2/c1-3-4-7-24-23(17-25(29-28-24)32-22-12-15-30(2)16-13-22)19-8-10-21(11-9-19)31-18-20-6-5-14-26-27-20/h5-6,8-11,14,17,22H,3-4,7,12-13,15-16,18H2,1-2H3. The lowest BCUT2D eigenvalue weighted by molar-refractivity contribution is 0.109. The molecule has 1 saturated heterocycles. The van der Waals surface area contributed by atoms with Crippen LogP contribution < -0.4 is 9.47 Å². The molecule has 3 aromatic rings. The van der Waals surface area contributed by atoms with Crippen LogP contribution in [0.4, 0.5) is 0 Å². The third-order valence-corrected chi connectivity index (χ3v) is 5.75. The van der Waals surface area contributed by atoms with Gasteiger partial charge in [-0.15, -0.1) is 5.10 Å². The lowest BCUT2D eigenvalue weighted by Gasteiger charge is -2.28. The molecule has 7 nitrogen and oxygen atoms in total. The first-order valence-corrected chi connectivity index (χ1v) is 11.4. The zero-order valence-corrected chi connectivity index (χ0v) is 18.9. The summed E-state index contributed by atoms with van der Waals surface area (Å²) in [6.45, 7) is 4.68. The minimum atomic E-state index is 0.201. The van der Waals surface area contributed by atoms with Crippen LogP contribution in [-0.2, 0) is 13.0 Å². The van der Waals surface area contributed by atoms with Crippen LogP contribution in [0.25, 0.3) is 11.1 Å². The third-order valence-electron chi connectivity index (χ3n) is 5.75. The number of rotatable bonds is 9. The number of hydrogen-bond donors (Lipinski definition) is 0. The number of hydrogen-bond acceptors (Lipinski definition) is 7. The van der Waals surface area contributed by atoms with Crippen LogP contribution >= 0.6 is 0 Å². The van der Waals surface area contributed by atoms with Crippen molar-refractivity contribution in [2.45, 2.75) is 51.7 Å². The number of likely N-dealkylation sites (tertiary alicyclic amines) is 1. The Balaban J connectivity index is 1.49. The van der Waals surface area contributed by atoms with Gasteiger partial charge in [0.05, 0.1) is 5.69 Å². The van der Waals surface area contributed by atoms with Gasteiger partial charge in [-0.25, -0.2) is 0 Å². The number of ether oxygens (including phenoxy) is 2. The summed E-state index contributed by atoms with van der Waals surface area (Å²) in [5.74, 6) is 1.40. The molecule has 0 saturated carbocycles. The maximum atomic E-state index is 6.20. The molecule has 7 heteroatoms. The minimum Gasteiger partial charge on any atom is -0.487 e. The van der Waals surface area contributed by atoms with Crippen molar-refractivity contribution in [3.05, 3.63) is 60.0 Å². The van der Waals surface area contributed by atoms with Gasteiger partial charge in [0.2, 0.25) is 5.88 Å². The van der Waals surface area contributed by atoms with E-state index in [1.807, 2.05) is 30.3 Å². The fourth-order valence-corrected chi connectivity index (χ4v) is 3.81. The molecule has 0 spiro atoms. The van der Waals surface area contributed by atoms with Crippen LogP contribution in [0.15, 0.2) is 48.7 Å². The van der Waals surface area contributed by atoms with Crippen molar-refractivity contribution in [3.63, 3.8) is 0 Å². The topological polar surface area (TPSA) is 73.3 Å². The number of benzene rings is 1. The van der Waals surface area contributed by atoms with Gasteiger partial charge in [0.25, 0.3) is 0 Å². The number of aryl methyl sites for hydroxylation is 1. The molecule has 0 atom stereocenters. The maximum Gasteiger partial charge on any atom is 0.234 e. The summed E-state index contributed by atoms with van der Waals surface area (Å²) in [5, 5.41) is 16.9. The average Bonchev–Trinajstić information content (AvgIpc) is 2.84. The molecule has 0 unspecified atom stereocenters. The SMILES string of the molecule is CCCCc1nnc(OC2CCN(C)CC2)cc1-c1ccc(OCc2cccnn2)cc1. The summed E-state index contributed by atoms with van der Waals surface area (Å²) < 4.78 is 12.1. The van der Waals surface area contributed by atoms with E-state index >= 15 is 0 Å². The molecule has 0 aliphatic carbocycles. The number of piperidine rings is 1. The van der Waals surface area contributed by atoms with Crippen LogP contribution in [0, 0.1) is 0 Å². The summed E-state index contributed by atoms with van der Waals surface area (Å²) in [4.78, 5) is 2.33. The highest BCUT2D eigenvalue weighted by atomic mass is 16.5. The summed E-state index contributed by atoms with van der Waals surface area (Å²) in [7, 11) is 2.15. The number of nitrogens with zero attached hydrogens (tertiary/aromatic N) is 5. The second-order valence-corrected chi connectivity index (χ2v) is 8.30. The van der Waals surface area contributed by atoms with E-state index in [1.54, 1.807) is 6.20 Å². The van der Waals surface area contributed by atoms with Crippen LogP contribution in [-0.4, -0.2) is 51.5 Å². The molecule has 1 aliphatic rings. The largest absolute Gasteiger partial charge is 0.487 e. The van der Waals surface area contributed by atoms with Crippen molar-refractivity contribution < 1.29 is 9.47 Å². The Labute approximate surface area is 189 Å². The Kier molecular flexibility index (Phi) is 7.61. The van der Waals surface area contributed by atoms with Crippen molar-refractivity contribution >= 4 is 0 Å². The van der Waals surface area contributed by atoms with E-state index in [2.05, 4.69) is 51.4 Å². The van der Waals surface area contributed by atoms with Crippen molar-refractivity contribution in [1.82, 2.24) is 25.3 Å². The van der Waals surface area contributed by atoms with Gasteiger partial charge in [0.15, 0.2) is 0 Å². The van der Waals surface area contributed by atoms with E-state index in [9.17, 15) is 0 Å². The molecule has 3 heterocycles. The van der Waals surface area contributed by atoms with Gasteiger partial charge in [-0.1, -0.05) is 25.5 Å². The molecule has 1 fully saturated rings. The third kappa shape index (κ3) is 6.01. The van der Waals surface area contributed by atoms with E-state index in [1.165, 1.54) is 0 Å². The molecule has 1 aromatic carbocycles. The van der Waals surface area contributed by atoms with Crippen molar-refractivity contribution in [3.8, 4) is 22.8 Å². The summed E-state index contributed by atoms with van der Waals surface area (Å²) in [6, 6.07) is 13.9. The zero-order valence-electron chi connectivity index (χ0n) is 18.9. The van der Waals surface area contributed by atoms with Gasteiger partial charge < -0.3 is 14.4 Å². The molecule has 1 aliphatic heterocycles. The van der Waals surface area contributed by atoms with Gasteiger partial charge in [-0.2, -0.15) is 15.3 Å². The van der Waals surface area contributed by atoms with Crippen molar-refractivity contribution in [2.75, 3.05) is 20.1 Å². The van der Waals surface area contributed by atoms with Crippen molar-refractivity contribution in [2.24, 2.45) is 0 Å². The molecule has 0 radical (unpaired) electrons. The predicted octanol–water partition coefficient (Wildman–Crippen LogP) is 4.33. The molecular formula is C25H31N5O2. The van der Waals surface area contributed by atoms with Crippen LogP contribution in [0.5, 0.6) is 11.6 Å². The van der Waals surface area contributed by atoms with Crippen molar-refractivity contribution in [1.29, 1.82) is 0 Å². The second-order valence-electron chi connectivity index (χ2n) is 8.30. The second kappa shape index (κ2) is 11.0. The Morgan fingerprint density at radius 2 is 1.84 bits per heavy atom. The zero-order chi connectivity index (χ0) is 22.2. The van der Waals surface area contributed by atoms with Gasteiger partial charge in [-0.3, -0.25) is 0 Å². The molecule has 0 bridgehead atoms. The van der Waals surface area contributed by atoms with E-state index in [0.717, 1.165) is 73.5 Å². The molecule has 168 valence electrons. The quantitative estimate of drug-likeness (QED) is 0.497. The molecule has 0 amide bonds. The molecular weight excluding hydrogens is 402 g/mol. The van der Waals surface area contributed by atoms with Gasteiger partial charge in [0.1, 0.15) is 24.2 Å². The lowest BCUT2D eigenvalue weighted by atomic mass is 10.0. The Bertz CT molecular complexity index is 973. The highest BCUT2D eigenvalue weighted by Gasteiger charge is 2.19. The van der Waals surface area contributed by atoms with Crippen LogP contribution in [0.1, 0.15) is 44.0 Å². The van der Waals surface area contributed by atoms with E-state index in [4.69, 9.17) is 9.47 Å². The first-order valence-electron chi connectivity index (χ1n) is 11.4. The maximum absolute atomic E-state index is 6.20. The van der Waals surface area contributed by atoms with Crippen LogP contribution in [0.3, 0.4) is 0 Å². The first kappa shape index (κ1) is 22.1. The smallest absolute Gasteiger partial charge is 0.234 e. The lowest BCUT2D eigenvalue weighted by Crippen LogP contribution is -2.35. The number of aromatic nitrogens is 4. The van der Waals surface area contributed by atoms with Gasteiger partial charge in [-0.05, 0) is 62.6 Å². The summed E-state index contributed by atoms with van der Waals surface area (Å²) in [5.41, 5.74) is 3.98. The Morgan fingerprint density at radius 3 is 2.56 bits per heavy atom. The molecule has 32 heavy (non-hydrogen) atoms. The first-order chi connectivity index (χ1) is 15.7. The van der Waals surface area contributed by atoms with Crippen LogP contribution in [0.2, 0.25) is 0 Å². The molecule has 2 aromatic heterocycles. The monoisotopic (exact) mass is 433 g/mol. The highest BCUT2D eigenvalue weighted by Crippen LogP contribution is 2.29. The van der Waals surface area contributed by atoms with E-state index in [0.29, 0.717) is 12.5 Å². The summed E-state index contributed by atoms with van der Waals surface area (Å²) in [6.07, 6.45) is 6.98. The highest BCUT2D eigenvalue weighted by molar-refractivity contribution is 5.67. The van der Waals surface area contributed by atoms with E-state index < -0.39 is 0 Å². The molecule has 4 rings (SSSR count). The number of unbranched alkanes of at least 4 members (excludes halogenated alkanes) is 1. The average molecular weight is 434 g/mol. The Hall–Kier alpha value is -3.06. The van der Waals surface area contributed by atoms with E-state index in [-0.39, 0.29) is 6.10 Å². The minimum absolute atomic E-state index is 0.201. The normalized spacial score (nSPS) is 14.9.